The molecule has 0 saturated carbocycles. The summed E-state index contributed by atoms with van der Waals surface area (Å²) in [5, 5.41) is 0.891. The van der Waals surface area contributed by atoms with Crippen molar-refractivity contribution in [3.05, 3.63) is 46.5 Å². The molecule has 0 aliphatic carbocycles. The number of amides is 1. The van der Waals surface area contributed by atoms with Crippen LogP contribution in [-0.4, -0.2) is 34.4 Å². The molecule has 0 radical (unpaired) electrons. The Hall–Kier alpha value is -1.72. The number of nitrogens with one attached hydrogen (secondary N) is 1. The Kier molecular flexibility index (Phi) is 4.87. The summed E-state index contributed by atoms with van der Waals surface area (Å²) < 4.78 is 5.38. The van der Waals surface area contributed by atoms with Crippen molar-refractivity contribution in [3.63, 3.8) is 0 Å². The van der Waals surface area contributed by atoms with Crippen LogP contribution in [0.25, 0.3) is 0 Å². The van der Waals surface area contributed by atoms with Gasteiger partial charge in [-0.3, -0.25) is 4.79 Å². The van der Waals surface area contributed by atoms with Crippen LogP contribution in [0, 0.1) is 0 Å². The molecule has 0 atom stereocenters. The van der Waals surface area contributed by atoms with Crippen molar-refractivity contribution in [3.8, 4) is 5.75 Å². The van der Waals surface area contributed by atoms with Gasteiger partial charge in [0.2, 0.25) is 0 Å². The number of halogens is 2. The summed E-state index contributed by atoms with van der Waals surface area (Å²) in [6, 6.07) is 4.85. The SMILES string of the molecule is CN(Cc1ncc[nH]1)C(=O)COc1ccc(Cl)cc1Cl. The van der Waals surface area contributed by atoms with Crippen LogP contribution >= 0.6 is 23.2 Å². The maximum atomic E-state index is 11.9. The molecule has 0 fully saturated rings. The first-order chi connectivity index (χ1) is 9.56. The first-order valence-corrected chi connectivity index (χ1v) is 6.62. The van der Waals surface area contributed by atoms with E-state index in [0.717, 1.165) is 0 Å². The summed E-state index contributed by atoms with van der Waals surface area (Å²) in [4.78, 5) is 20.4. The molecule has 0 unspecified atom stereocenters. The van der Waals surface area contributed by atoms with Gasteiger partial charge in [-0.05, 0) is 18.2 Å². The number of benzene rings is 1. The van der Waals surface area contributed by atoms with E-state index in [1.165, 1.54) is 4.90 Å². The van der Waals surface area contributed by atoms with Gasteiger partial charge in [-0.1, -0.05) is 23.2 Å². The number of nitrogens with zero attached hydrogens (tertiary/aromatic N) is 2. The number of carbonyl (C=O) groups is 1. The second kappa shape index (κ2) is 6.63. The number of carbonyl (C=O) groups excluding carboxylic acids is 1. The topological polar surface area (TPSA) is 58.2 Å². The average molecular weight is 314 g/mol. The summed E-state index contributed by atoms with van der Waals surface area (Å²) in [5.74, 6) is 0.966. The summed E-state index contributed by atoms with van der Waals surface area (Å²) in [7, 11) is 1.68. The number of aromatic nitrogens is 2. The number of hydrogen-bond acceptors (Lipinski definition) is 3. The molecule has 0 aliphatic rings. The number of H-pyrrole nitrogens is 1. The highest BCUT2D eigenvalue weighted by atomic mass is 35.5. The van der Waals surface area contributed by atoms with Crippen molar-refractivity contribution in [1.29, 1.82) is 0 Å². The third kappa shape index (κ3) is 3.88. The van der Waals surface area contributed by atoms with Gasteiger partial charge in [-0.15, -0.1) is 0 Å². The summed E-state index contributed by atoms with van der Waals surface area (Å²) in [6.07, 6.45) is 3.34. The molecule has 1 amide bonds. The highest BCUT2D eigenvalue weighted by Gasteiger charge is 2.12. The second-order valence-electron chi connectivity index (χ2n) is 4.15. The zero-order chi connectivity index (χ0) is 14.5. The Bertz CT molecular complexity index is 587. The van der Waals surface area contributed by atoms with Crippen molar-refractivity contribution in [2.75, 3.05) is 13.7 Å². The fraction of sp³-hybridized carbons (Fsp3) is 0.231. The molecule has 2 aromatic rings. The van der Waals surface area contributed by atoms with E-state index in [2.05, 4.69) is 9.97 Å². The van der Waals surface area contributed by atoms with Gasteiger partial charge in [0.25, 0.3) is 5.91 Å². The third-order valence-corrected chi connectivity index (χ3v) is 3.14. The minimum absolute atomic E-state index is 0.0986. The minimum Gasteiger partial charge on any atom is -0.482 e. The Morgan fingerprint density at radius 3 is 2.90 bits per heavy atom. The van der Waals surface area contributed by atoms with E-state index in [4.69, 9.17) is 27.9 Å². The van der Waals surface area contributed by atoms with Crippen LogP contribution in [-0.2, 0) is 11.3 Å². The molecule has 1 N–H and O–H groups in total. The van der Waals surface area contributed by atoms with Gasteiger partial charge < -0.3 is 14.6 Å². The van der Waals surface area contributed by atoms with Gasteiger partial charge in [0.1, 0.15) is 11.6 Å². The fourth-order valence-electron chi connectivity index (χ4n) is 1.54. The van der Waals surface area contributed by atoms with Gasteiger partial charge in [0.15, 0.2) is 6.61 Å². The number of ether oxygens (including phenoxy) is 1. The average Bonchev–Trinajstić information content (AvgIpc) is 2.90. The Morgan fingerprint density at radius 2 is 2.25 bits per heavy atom. The van der Waals surface area contributed by atoms with Crippen molar-refractivity contribution in [2.45, 2.75) is 6.54 Å². The largest absolute Gasteiger partial charge is 0.482 e. The number of aromatic amines is 1. The van der Waals surface area contributed by atoms with Gasteiger partial charge in [-0.2, -0.15) is 0 Å². The fourth-order valence-corrected chi connectivity index (χ4v) is 2.00. The van der Waals surface area contributed by atoms with Crippen LogP contribution in [0.5, 0.6) is 5.75 Å². The predicted octanol–water partition coefficient (Wildman–Crippen LogP) is 2.75. The first kappa shape index (κ1) is 14.7. The van der Waals surface area contributed by atoms with Gasteiger partial charge in [0, 0.05) is 24.5 Å². The molecule has 0 aliphatic heterocycles. The molecule has 1 heterocycles. The van der Waals surface area contributed by atoms with Crippen LogP contribution in [0.3, 0.4) is 0 Å². The van der Waals surface area contributed by atoms with E-state index >= 15 is 0 Å². The quantitative estimate of drug-likeness (QED) is 0.923. The molecule has 106 valence electrons. The Labute approximate surface area is 126 Å². The van der Waals surface area contributed by atoms with E-state index in [1.807, 2.05) is 0 Å². The molecule has 1 aromatic heterocycles. The second-order valence-corrected chi connectivity index (χ2v) is 4.99. The first-order valence-electron chi connectivity index (χ1n) is 5.86. The number of imidazole rings is 1. The summed E-state index contributed by atoms with van der Waals surface area (Å²) in [6.45, 7) is 0.294. The number of likely N-dealkylation sites (N-methyl/N-ethyl adjacent to an activating group) is 1. The van der Waals surface area contributed by atoms with Crippen molar-refractivity contribution in [1.82, 2.24) is 14.9 Å². The smallest absolute Gasteiger partial charge is 0.260 e. The molecular formula is C13H13Cl2N3O2. The lowest BCUT2D eigenvalue weighted by atomic mass is 10.3. The number of rotatable bonds is 5. The minimum atomic E-state index is -0.174. The van der Waals surface area contributed by atoms with E-state index < -0.39 is 0 Å². The predicted molar refractivity (Wildman–Crippen MR) is 77.0 cm³/mol. The highest BCUT2D eigenvalue weighted by molar-refractivity contribution is 6.35. The van der Waals surface area contributed by atoms with Gasteiger partial charge >= 0.3 is 0 Å². The molecule has 2 rings (SSSR count). The standard InChI is InChI=1S/C13H13Cl2N3O2/c1-18(7-12-16-4-5-17-12)13(19)8-20-11-3-2-9(14)6-10(11)15/h2-6H,7-8H2,1H3,(H,16,17). The zero-order valence-electron chi connectivity index (χ0n) is 10.8. The molecule has 0 spiro atoms. The van der Waals surface area contributed by atoms with E-state index in [1.54, 1.807) is 37.6 Å². The Morgan fingerprint density at radius 1 is 1.45 bits per heavy atom. The summed E-state index contributed by atoms with van der Waals surface area (Å²) in [5.41, 5.74) is 0. The molecular weight excluding hydrogens is 301 g/mol. The maximum Gasteiger partial charge on any atom is 0.260 e. The lowest BCUT2D eigenvalue weighted by molar-refractivity contribution is -0.132. The zero-order valence-corrected chi connectivity index (χ0v) is 12.3. The van der Waals surface area contributed by atoms with Crippen LogP contribution in [0.2, 0.25) is 10.0 Å². The molecule has 1 aromatic carbocycles. The molecule has 20 heavy (non-hydrogen) atoms. The van der Waals surface area contributed by atoms with Crippen LogP contribution < -0.4 is 4.74 Å². The lowest BCUT2D eigenvalue weighted by Gasteiger charge is -2.16. The van der Waals surface area contributed by atoms with E-state index in [9.17, 15) is 4.79 Å². The monoisotopic (exact) mass is 313 g/mol. The van der Waals surface area contributed by atoms with Gasteiger partial charge in [-0.25, -0.2) is 4.98 Å². The molecule has 0 saturated heterocycles. The maximum absolute atomic E-state index is 11.9. The van der Waals surface area contributed by atoms with Crippen LogP contribution in [0.1, 0.15) is 5.82 Å². The normalized spacial score (nSPS) is 10.3. The van der Waals surface area contributed by atoms with Crippen LogP contribution in [0.15, 0.2) is 30.6 Å². The third-order valence-electron chi connectivity index (χ3n) is 2.61. The molecule has 7 heteroatoms. The molecule has 0 bridgehead atoms. The van der Waals surface area contributed by atoms with Crippen LogP contribution in [0.4, 0.5) is 0 Å². The van der Waals surface area contributed by atoms with Crippen molar-refractivity contribution in [2.24, 2.45) is 0 Å². The van der Waals surface area contributed by atoms with Crippen molar-refractivity contribution >= 4 is 29.1 Å². The molecule has 5 nitrogen and oxygen atoms in total. The lowest BCUT2D eigenvalue weighted by Crippen LogP contribution is -2.31. The van der Waals surface area contributed by atoms with E-state index in [-0.39, 0.29) is 12.5 Å². The highest BCUT2D eigenvalue weighted by Crippen LogP contribution is 2.27. The number of hydrogen-bond donors (Lipinski definition) is 1. The van der Waals surface area contributed by atoms with Gasteiger partial charge in [0.05, 0.1) is 11.6 Å². The summed E-state index contributed by atoms with van der Waals surface area (Å²) >= 11 is 11.7. The van der Waals surface area contributed by atoms with Crippen molar-refractivity contribution < 1.29 is 9.53 Å². The van der Waals surface area contributed by atoms with E-state index in [0.29, 0.717) is 28.2 Å². The Balaban J connectivity index is 1.88.